The fraction of sp³-hybridized carbons (Fsp3) is 0.350. The first-order valence-electron chi connectivity index (χ1n) is 9.97. The van der Waals surface area contributed by atoms with Crippen LogP contribution in [0.25, 0.3) is 5.52 Å². The Morgan fingerprint density at radius 3 is 2.64 bits per heavy atom. The van der Waals surface area contributed by atoms with E-state index in [4.69, 9.17) is 4.74 Å². The first kappa shape index (κ1) is 22.5. The van der Waals surface area contributed by atoms with E-state index in [0.717, 1.165) is 12.1 Å². The molecule has 3 heterocycles. The third-order valence-corrected chi connectivity index (χ3v) is 5.28. The molecule has 10 nitrogen and oxygen atoms in total. The van der Waals surface area contributed by atoms with Gasteiger partial charge >= 0.3 is 6.18 Å². The van der Waals surface area contributed by atoms with Crippen molar-refractivity contribution in [2.75, 3.05) is 31.6 Å². The minimum Gasteiger partial charge on any atom is -0.378 e. The summed E-state index contributed by atoms with van der Waals surface area (Å²) in [5.74, 6) is 0.0647. The van der Waals surface area contributed by atoms with Gasteiger partial charge in [0.1, 0.15) is 11.8 Å². The van der Waals surface area contributed by atoms with E-state index >= 15 is 0 Å². The first-order valence-corrected chi connectivity index (χ1v) is 9.97. The molecule has 1 N–H and O–H groups in total. The van der Waals surface area contributed by atoms with Crippen LogP contribution in [0.4, 0.5) is 24.7 Å². The quantitative estimate of drug-likeness (QED) is 0.455. The number of benzene rings is 1. The molecular weight excluding hydrogens is 445 g/mol. The number of nitro groups is 1. The lowest BCUT2D eigenvalue weighted by Crippen LogP contribution is -2.40. The number of nitro benzene ring substituents is 1. The van der Waals surface area contributed by atoms with Crippen molar-refractivity contribution in [1.82, 2.24) is 19.5 Å². The number of aromatic nitrogens is 3. The van der Waals surface area contributed by atoms with Crippen LogP contribution in [0.15, 0.2) is 36.8 Å². The summed E-state index contributed by atoms with van der Waals surface area (Å²) in [4.78, 5) is 28.8. The van der Waals surface area contributed by atoms with Crippen LogP contribution in [0.1, 0.15) is 34.5 Å². The summed E-state index contributed by atoms with van der Waals surface area (Å²) >= 11 is 0. The second kappa shape index (κ2) is 8.65. The Labute approximate surface area is 185 Å². The molecule has 4 rings (SSSR count). The highest BCUT2D eigenvalue weighted by Crippen LogP contribution is 2.35. The standard InChI is InChI=1S/C20H19F3N6O4/c1-12(13-6-15(20(21,22)23)9-16(7-13)29(31)32)26-18-17-8-14(10-28(17)25-11-24-18)19(30)27-2-4-33-5-3-27/h6-12H,2-5H2,1H3,(H,24,25,26)/t12-/m1/s1. The van der Waals surface area contributed by atoms with Crippen LogP contribution in [0, 0.1) is 10.1 Å². The normalized spacial score (nSPS) is 15.5. The molecule has 1 saturated heterocycles. The molecule has 0 unspecified atom stereocenters. The fourth-order valence-electron chi connectivity index (χ4n) is 3.55. The minimum atomic E-state index is -4.74. The van der Waals surface area contributed by atoms with Gasteiger partial charge in [-0.25, -0.2) is 9.50 Å². The van der Waals surface area contributed by atoms with Gasteiger partial charge in [-0.05, 0) is 24.6 Å². The largest absolute Gasteiger partial charge is 0.416 e. The molecule has 0 saturated carbocycles. The average Bonchev–Trinajstić information content (AvgIpc) is 3.23. The van der Waals surface area contributed by atoms with Crippen LogP contribution >= 0.6 is 0 Å². The highest BCUT2D eigenvalue weighted by Gasteiger charge is 2.33. The number of carbonyl (C=O) groups is 1. The molecule has 1 aromatic carbocycles. The highest BCUT2D eigenvalue weighted by atomic mass is 19.4. The van der Waals surface area contributed by atoms with Gasteiger partial charge in [0.2, 0.25) is 0 Å². The van der Waals surface area contributed by atoms with Crippen LogP contribution in [0.3, 0.4) is 0 Å². The SMILES string of the molecule is C[C@@H](Nc1ncnn2cc(C(=O)N3CCOCC3)cc12)c1cc([N+](=O)[O-])cc(C(F)(F)F)c1. The van der Waals surface area contributed by atoms with Gasteiger partial charge in [-0.3, -0.25) is 14.9 Å². The summed E-state index contributed by atoms with van der Waals surface area (Å²) in [6.07, 6.45) is -1.96. The molecule has 0 radical (unpaired) electrons. The minimum absolute atomic E-state index is 0.0597. The van der Waals surface area contributed by atoms with E-state index in [0.29, 0.717) is 43.4 Å². The predicted molar refractivity (Wildman–Crippen MR) is 110 cm³/mol. The first-order chi connectivity index (χ1) is 15.6. The molecule has 0 spiro atoms. The Morgan fingerprint density at radius 1 is 1.24 bits per heavy atom. The number of morpholine rings is 1. The van der Waals surface area contributed by atoms with Gasteiger partial charge in [0.15, 0.2) is 5.82 Å². The molecule has 0 bridgehead atoms. The molecular formula is C20H19F3N6O4. The molecule has 1 aliphatic rings. The summed E-state index contributed by atoms with van der Waals surface area (Å²) in [5.41, 5.74) is -0.911. The molecule has 0 aliphatic carbocycles. The van der Waals surface area contributed by atoms with Gasteiger partial charge in [-0.15, -0.1) is 0 Å². The fourth-order valence-corrected chi connectivity index (χ4v) is 3.55. The molecule has 33 heavy (non-hydrogen) atoms. The second-order valence-electron chi connectivity index (χ2n) is 7.51. The predicted octanol–water partition coefficient (Wildman–Crippen LogP) is 3.30. The molecule has 1 fully saturated rings. The van der Waals surface area contributed by atoms with Gasteiger partial charge < -0.3 is 15.0 Å². The second-order valence-corrected chi connectivity index (χ2v) is 7.51. The number of nitrogens with zero attached hydrogens (tertiary/aromatic N) is 5. The van der Waals surface area contributed by atoms with Crippen LogP contribution in [0.2, 0.25) is 0 Å². The number of anilines is 1. The van der Waals surface area contributed by atoms with Gasteiger partial charge in [0.25, 0.3) is 11.6 Å². The van der Waals surface area contributed by atoms with Gasteiger partial charge in [0.05, 0.1) is 35.3 Å². The zero-order valence-corrected chi connectivity index (χ0v) is 17.4. The van der Waals surface area contributed by atoms with Crippen molar-refractivity contribution in [1.29, 1.82) is 0 Å². The van der Waals surface area contributed by atoms with Crippen LogP contribution in [0.5, 0.6) is 0 Å². The smallest absolute Gasteiger partial charge is 0.378 e. The van der Waals surface area contributed by atoms with E-state index in [1.165, 1.54) is 10.8 Å². The van der Waals surface area contributed by atoms with Crippen LogP contribution < -0.4 is 5.32 Å². The molecule has 1 atom stereocenters. The van der Waals surface area contributed by atoms with Crippen molar-refractivity contribution in [2.24, 2.45) is 0 Å². The molecule has 174 valence electrons. The lowest BCUT2D eigenvalue weighted by Gasteiger charge is -2.26. The summed E-state index contributed by atoms with van der Waals surface area (Å²) in [7, 11) is 0. The maximum Gasteiger partial charge on any atom is 0.416 e. The molecule has 3 aromatic rings. The molecule has 1 amide bonds. The number of halogens is 3. The lowest BCUT2D eigenvalue weighted by molar-refractivity contribution is -0.385. The number of amides is 1. The maximum atomic E-state index is 13.2. The van der Waals surface area contributed by atoms with Crippen molar-refractivity contribution in [3.63, 3.8) is 0 Å². The topological polar surface area (TPSA) is 115 Å². The molecule has 2 aromatic heterocycles. The van der Waals surface area contributed by atoms with E-state index < -0.39 is 28.4 Å². The number of fused-ring (bicyclic) bond motifs is 1. The Balaban J connectivity index is 1.64. The number of rotatable bonds is 5. The number of carbonyl (C=O) groups excluding carboxylic acids is 1. The number of nitrogens with one attached hydrogen (secondary N) is 1. The summed E-state index contributed by atoms with van der Waals surface area (Å²) in [5, 5.41) is 18.2. The van der Waals surface area contributed by atoms with Gasteiger partial charge in [-0.1, -0.05) is 0 Å². The summed E-state index contributed by atoms with van der Waals surface area (Å²) < 4.78 is 46.4. The highest BCUT2D eigenvalue weighted by molar-refractivity contribution is 5.96. The van der Waals surface area contributed by atoms with E-state index in [2.05, 4.69) is 15.4 Å². The lowest BCUT2D eigenvalue weighted by atomic mass is 10.0. The number of hydrogen-bond donors (Lipinski definition) is 1. The summed E-state index contributed by atoms with van der Waals surface area (Å²) in [6.45, 7) is 3.39. The molecule has 1 aliphatic heterocycles. The Kier molecular flexibility index (Phi) is 5.89. The maximum absolute atomic E-state index is 13.2. The van der Waals surface area contributed by atoms with Gasteiger partial charge in [-0.2, -0.15) is 18.3 Å². The zero-order chi connectivity index (χ0) is 23.8. The average molecular weight is 464 g/mol. The van der Waals surface area contributed by atoms with E-state index in [1.54, 1.807) is 24.1 Å². The van der Waals surface area contributed by atoms with Crippen molar-refractivity contribution in [3.05, 3.63) is 63.6 Å². The number of hydrogen-bond acceptors (Lipinski definition) is 7. The van der Waals surface area contributed by atoms with E-state index in [-0.39, 0.29) is 17.3 Å². The Bertz CT molecular complexity index is 1210. The van der Waals surface area contributed by atoms with Crippen molar-refractivity contribution < 1.29 is 27.6 Å². The third-order valence-electron chi connectivity index (χ3n) is 5.28. The monoisotopic (exact) mass is 464 g/mol. The Morgan fingerprint density at radius 2 is 1.97 bits per heavy atom. The number of alkyl halides is 3. The zero-order valence-electron chi connectivity index (χ0n) is 17.4. The summed E-state index contributed by atoms with van der Waals surface area (Å²) in [6, 6.07) is 3.25. The molecule has 13 heteroatoms. The van der Waals surface area contributed by atoms with Crippen molar-refractivity contribution in [3.8, 4) is 0 Å². The van der Waals surface area contributed by atoms with Crippen LogP contribution in [-0.4, -0.2) is 56.6 Å². The number of ether oxygens (including phenoxy) is 1. The van der Waals surface area contributed by atoms with Crippen molar-refractivity contribution >= 4 is 22.9 Å². The van der Waals surface area contributed by atoms with Gasteiger partial charge in [0, 0.05) is 31.4 Å². The Hall–Kier alpha value is -3.74. The van der Waals surface area contributed by atoms with E-state index in [1.807, 2.05) is 0 Å². The van der Waals surface area contributed by atoms with E-state index in [9.17, 15) is 28.1 Å². The third kappa shape index (κ3) is 4.72. The van der Waals surface area contributed by atoms with Crippen molar-refractivity contribution in [2.45, 2.75) is 19.1 Å². The van der Waals surface area contributed by atoms with Crippen LogP contribution in [-0.2, 0) is 10.9 Å². The number of non-ortho nitro benzene ring substituents is 1.